The van der Waals surface area contributed by atoms with Crippen LogP contribution in [0.3, 0.4) is 0 Å². The Bertz CT molecular complexity index is 1330. The Morgan fingerprint density at radius 1 is 1.03 bits per heavy atom. The van der Waals surface area contributed by atoms with Crippen LogP contribution in [0, 0.1) is 0 Å². The van der Waals surface area contributed by atoms with Gasteiger partial charge in [-0.2, -0.15) is 0 Å². The van der Waals surface area contributed by atoms with Gasteiger partial charge in [0.15, 0.2) is 0 Å². The Kier molecular flexibility index (Phi) is 4.97. The summed E-state index contributed by atoms with van der Waals surface area (Å²) in [6, 6.07) is 7.88. The molecule has 0 unspecified atom stereocenters. The summed E-state index contributed by atoms with van der Waals surface area (Å²) in [5, 5.41) is 1.24. The second-order valence-electron chi connectivity index (χ2n) is 7.01. The van der Waals surface area contributed by atoms with E-state index in [2.05, 4.69) is 14.7 Å². The number of amides is 1. The molecule has 152 valence electrons. The number of likely N-dealkylation sites (tertiary alicyclic amines) is 1. The second-order valence-corrected chi connectivity index (χ2v) is 8.78. The molecule has 0 bridgehead atoms. The number of aromatic nitrogens is 2. The topological polar surface area (TPSA) is 132 Å². The van der Waals surface area contributed by atoms with E-state index >= 15 is 0 Å². The second kappa shape index (κ2) is 7.45. The quantitative estimate of drug-likeness (QED) is 0.309. The number of hydrogen-bond donors (Lipinski definition) is 3. The Morgan fingerprint density at radius 3 is 2.59 bits per heavy atom. The molecular weight excluding hydrogens is 396 g/mol. The fourth-order valence-corrected chi connectivity index (χ4v) is 4.67. The highest BCUT2D eigenvalue weighted by molar-refractivity contribution is 7.89. The highest BCUT2D eigenvalue weighted by Gasteiger charge is 2.20. The highest BCUT2D eigenvalue weighted by Crippen LogP contribution is 2.24. The molecule has 10 heteroatoms. The van der Waals surface area contributed by atoms with E-state index in [4.69, 9.17) is 0 Å². The summed E-state index contributed by atoms with van der Waals surface area (Å²) in [5.41, 5.74) is -0.595. The van der Waals surface area contributed by atoms with Gasteiger partial charge in [-0.3, -0.25) is 14.4 Å². The van der Waals surface area contributed by atoms with Gasteiger partial charge in [0, 0.05) is 31.4 Å². The molecule has 29 heavy (non-hydrogen) atoms. The Hall–Kier alpha value is -2.98. The van der Waals surface area contributed by atoms with Gasteiger partial charge >= 0.3 is 11.1 Å². The molecule has 2 heterocycles. The van der Waals surface area contributed by atoms with Gasteiger partial charge in [0.1, 0.15) is 0 Å². The van der Waals surface area contributed by atoms with E-state index in [1.54, 1.807) is 23.1 Å². The third kappa shape index (κ3) is 3.81. The number of nitrogens with one attached hydrogen (secondary N) is 3. The number of nitrogens with zero attached hydrogens (tertiary/aromatic N) is 1. The number of hydrogen-bond acceptors (Lipinski definition) is 5. The first-order valence-corrected chi connectivity index (χ1v) is 10.8. The smallest absolute Gasteiger partial charge is 0.314 e. The predicted octanol–water partition coefficient (Wildman–Crippen LogP) is 0.660. The molecular formula is C19H20N4O5S. The van der Waals surface area contributed by atoms with Gasteiger partial charge in [-0.25, -0.2) is 13.1 Å². The van der Waals surface area contributed by atoms with Crippen molar-refractivity contribution in [3.05, 3.63) is 51.0 Å². The van der Waals surface area contributed by atoms with Gasteiger partial charge in [0.05, 0.1) is 15.9 Å². The molecule has 2 aromatic carbocycles. The number of aromatic amines is 2. The summed E-state index contributed by atoms with van der Waals surface area (Å²) in [7, 11) is -3.71. The van der Waals surface area contributed by atoms with Crippen LogP contribution in [0.2, 0.25) is 0 Å². The molecule has 1 fully saturated rings. The normalized spacial score (nSPS) is 14.9. The summed E-state index contributed by atoms with van der Waals surface area (Å²) >= 11 is 0. The van der Waals surface area contributed by atoms with E-state index in [0.29, 0.717) is 41.2 Å². The number of carbonyl (C=O) groups is 1. The van der Waals surface area contributed by atoms with Gasteiger partial charge in [0.2, 0.25) is 15.9 Å². The van der Waals surface area contributed by atoms with Crippen LogP contribution < -0.4 is 15.8 Å². The maximum absolute atomic E-state index is 12.6. The van der Waals surface area contributed by atoms with E-state index in [1.807, 2.05) is 0 Å². The number of fused-ring (bicyclic) bond motifs is 3. The van der Waals surface area contributed by atoms with Gasteiger partial charge in [-0.1, -0.05) is 12.1 Å². The third-order valence-corrected chi connectivity index (χ3v) is 6.52. The Balaban J connectivity index is 1.54. The summed E-state index contributed by atoms with van der Waals surface area (Å²) in [6.07, 6.45) is 1.96. The average Bonchev–Trinajstić information content (AvgIpc) is 3.10. The lowest BCUT2D eigenvalue weighted by molar-refractivity contribution is -0.127. The van der Waals surface area contributed by atoms with E-state index < -0.39 is 21.1 Å². The molecule has 1 saturated heterocycles. The lowest BCUT2D eigenvalue weighted by Crippen LogP contribution is -2.30. The van der Waals surface area contributed by atoms with Crippen LogP contribution in [0.5, 0.6) is 0 Å². The van der Waals surface area contributed by atoms with E-state index in [0.717, 1.165) is 13.0 Å². The maximum Gasteiger partial charge on any atom is 0.314 e. The van der Waals surface area contributed by atoms with Gasteiger partial charge in [-0.05, 0) is 36.4 Å². The van der Waals surface area contributed by atoms with E-state index in [-0.39, 0.29) is 17.3 Å². The minimum absolute atomic E-state index is 0.105. The molecule has 0 atom stereocenters. The molecule has 1 aliphatic heterocycles. The van der Waals surface area contributed by atoms with Gasteiger partial charge in [-0.15, -0.1) is 0 Å². The minimum atomic E-state index is -3.71. The molecule has 3 N–H and O–H groups in total. The van der Waals surface area contributed by atoms with Crippen LogP contribution in [0.4, 0.5) is 0 Å². The molecule has 0 aliphatic carbocycles. The number of carbonyl (C=O) groups excluding carboxylic acids is 1. The van der Waals surface area contributed by atoms with Crippen LogP contribution in [0.15, 0.2) is 44.8 Å². The molecule has 0 spiro atoms. The minimum Gasteiger partial charge on any atom is -0.343 e. The number of rotatable bonds is 6. The lowest BCUT2D eigenvalue weighted by Gasteiger charge is -2.15. The Morgan fingerprint density at radius 2 is 1.83 bits per heavy atom. The zero-order valence-electron chi connectivity index (χ0n) is 15.5. The average molecular weight is 416 g/mol. The van der Waals surface area contributed by atoms with Crippen molar-refractivity contribution >= 4 is 37.7 Å². The Labute approximate surface area is 165 Å². The van der Waals surface area contributed by atoms with Gasteiger partial charge in [0.25, 0.3) is 0 Å². The summed E-state index contributed by atoms with van der Waals surface area (Å²) in [6.45, 7) is 1.50. The maximum atomic E-state index is 12.6. The summed E-state index contributed by atoms with van der Waals surface area (Å²) in [4.78, 5) is 41.6. The number of sulfonamides is 1. The number of H-pyrrole nitrogens is 2. The first-order valence-electron chi connectivity index (χ1n) is 9.32. The first-order chi connectivity index (χ1) is 13.8. The zero-order chi connectivity index (χ0) is 20.6. The third-order valence-electron chi connectivity index (χ3n) is 5.06. The van der Waals surface area contributed by atoms with Crippen LogP contribution in [-0.4, -0.2) is 48.8 Å². The molecule has 0 radical (unpaired) electrons. The fraction of sp³-hybridized carbons (Fsp3) is 0.316. The molecule has 0 saturated carbocycles. The van der Waals surface area contributed by atoms with Crippen molar-refractivity contribution < 1.29 is 13.2 Å². The standard InChI is InChI=1S/C19H20N4O5S/c24-16-3-1-9-23(16)10-2-8-20-29(27,28)13-5-6-14-12(11-13)4-7-15-17(14)22-19(26)18(25)21-15/h4-7,11,20H,1-3,8-10H2,(H,21,25)(H,22,26). The van der Waals surface area contributed by atoms with E-state index in [9.17, 15) is 22.8 Å². The summed E-state index contributed by atoms with van der Waals surface area (Å²) < 4.78 is 27.8. The van der Waals surface area contributed by atoms with Crippen molar-refractivity contribution in [3.8, 4) is 0 Å². The molecule has 3 aromatic rings. The van der Waals surface area contributed by atoms with Crippen molar-refractivity contribution in [1.82, 2.24) is 19.6 Å². The van der Waals surface area contributed by atoms with Crippen LogP contribution in [0.1, 0.15) is 19.3 Å². The van der Waals surface area contributed by atoms with Crippen LogP contribution in [-0.2, 0) is 14.8 Å². The van der Waals surface area contributed by atoms with Crippen LogP contribution in [0.25, 0.3) is 21.8 Å². The lowest BCUT2D eigenvalue weighted by atomic mass is 10.1. The molecule has 1 aliphatic rings. The molecule has 9 nitrogen and oxygen atoms in total. The molecule has 4 rings (SSSR count). The predicted molar refractivity (Wildman–Crippen MR) is 108 cm³/mol. The fourth-order valence-electron chi connectivity index (χ4n) is 3.56. The highest BCUT2D eigenvalue weighted by atomic mass is 32.2. The van der Waals surface area contributed by atoms with Gasteiger partial charge < -0.3 is 14.9 Å². The van der Waals surface area contributed by atoms with E-state index in [1.165, 1.54) is 12.1 Å². The summed E-state index contributed by atoms with van der Waals surface area (Å²) in [5.74, 6) is 0.119. The zero-order valence-corrected chi connectivity index (χ0v) is 16.3. The largest absolute Gasteiger partial charge is 0.343 e. The first kappa shape index (κ1) is 19.3. The van der Waals surface area contributed by atoms with Crippen molar-refractivity contribution in [2.24, 2.45) is 0 Å². The van der Waals surface area contributed by atoms with Crippen molar-refractivity contribution in [3.63, 3.8) is 0 Å². The molecule has 1 amide bonds. The van der Waals surface area contributed by atoms with Crippen molar-refractivity contribution in [2.75, 3.05) is 19.6 Å². The monoisotopic (exact) mass is 416 g/mol. The number of benzene rings is 2. The van der Waals surface area contributed by atoms with Crippen LogP contribution >= 0.6 is 0 Å². The SMILES string of the molecule is O=C1CCCN1CCCNS(=O)(=O)c1ccc2c(ccc3[nH]c(=O)c(=O)[nH]c32)c1. The molecule has 1 aromatic heterocycles. The van der Waals surface area contributed by atoms with Crippen molar-refractivity contribution in [1.29, 1.82) is 0 Å². The van der Waals surface area contributed by atoms with Crippen molar-refractivity contribution in [2.45, 2.75) is 24.2 Å².